The zero-order valence-corrected chi connectivity index (χ0v) is 8.04. The number of nitriles is 1. The van der Waals surface area contributed by atoms with Crippen LogP contribution in [0.25, 0.3) is 0 Å². The third-order valence-electron chi connectivity index (χ3n) is 1.93. The van der Waals surface area contributed by atoms with Crippen LogP contribution in [0.2, 0.25) is 0 Å². The Bertz CT molecular complexity index is 236. The Morgan fingerprint density at radius 1 is 1.69 bits per heavy atom. The largest absolute Gasteiger partial charge is 0.273 e. The highest BCUT2D eigenvalue weighted by atomic mass is 16.7. The van der Waals surface area contributed by atoms with Crippen molar-refractivity contribution in [3.05, 3.63) is 0 Å². The van der Waals surface area contributed by atoms with Crippen LogP contribution in [0.3, 0.4) is 0 Å². The Balaban J connectivity index is 2.45. The number of nitrogens with zero attached hydrogens (tertiary/aromatic N) is 2. The summed E-state index contributed by atoms with van der Waals surface area (Å²) in [4.78, 5) is 16.5. The maximum atomic E-state index is 11.5. The van der Waals surface area contributed by atoms with Gasteiger partial charge in [-0.15, -0.1) is 0 Å². The Labute approximate surface area is 78.0 Å². The van der Waals surface area contributed by atoms with Gasteiger partial charge in [0, 0.05) is 6.42 Å². The fourth-order valence-electron chi connectivity index (χ4n) is 1.15. The molecule has 0 aromatic carbocycles. The zero-order chi connectivity index (χ0) is 9.90. The molecule has 0 radical (unpaired) electrons. The molecule has 1 aliphatic rings. The van der Waals surface area contributed by atoms with Crippen LogP contribution in [0.1, 0.15) is 26.7 Å². The van der Waals surface area contributed by atoms with Gasteiger partial charge in [-0.05, 0) is 20.3 Å². The number of carbonyl (C=O) groups excluding carboxylic acids is 1. The first kappa shape index (κ1) is 10.0. The number of rotatable bonds is 2. The SMILES string of the molecule is CC(C)(C#N)CC(=O)N1CCCO1. The Morgan fingerprint density at radius 2 is 2.38 bits per heavy atom. The third kappa shape index (κ3) is 2.71. The molecule has 0 aromatic heterocycles. The lowest BCUT2D eigenvalue weighted by Gasteiger charge is -2.19. The van der Waals surface area contributed by atoms with E-state index in [2.05, 4.69) is 6.07 Å². The molecule has 0 aliphatic carbocycles. The summed E-state index contributed by atoms with van der Waals surface area (Å²) in [6.45, 7) is 4.76. The number of hydroxylamine groups is 2. The first-order valence-corrected chi connectivity index (χ1v) is 4.40. The summed E-state index contributed by atoms with van der Waals surface area (Å²) >= 11 is 0. The molecule has 0 bridgehead atoms. The van der Waals surface area contributed by atoms with E-state index in [9.17, 15) is 4.79 Å². The predicted molar refractivity (Wildman–Crippen MR) is 46.3 cm³/mol. The standard InChI is InChI=1S/C9H14N2O2/c1-9(2,7-10)6-8(12)11-4-3-5-13-11/h3-6H2,1-2H3. The van der Waals surface area contributed by atoms with E-state index < -0.39 is 5.41 Å². The number of carbonyl (C=O) groups is 1. The fourth-order valence-corrected chi connectivity index (χ4v) is 1.15. The topological polar surface area (TPSA) is 53.3 Å². The molecule has 4 nitrogen and oxygen atoms in total. The van der Waals surface area contributed by atoms with Crippen LogP contribution >= 0.6 is 0 Å². The average molecular weight is 182 g/mol. The van der Waals surface area contributed by atoms with E-state index in [-0.39, 0.29) is 12.3 Å². The van der Waals surface area contributed by atoms with Gasteiger partial charge in [-0.3, -0.25) is 9.63 Å². The van der Waals surface area contributed by atoms with Crippen molar-refractivity contribution < 1.29 is 9.63 Å². The monoisotopic (exact) mass is 182 g/mol. The lowest BCUT2D eigenvalue weighted by Crippen LogP contribution is -2.30. The van der Waals surface area contributed by atoms with E-state index in [0.717, 1.165) is 6.42 Å². The third-order valence-corrected chi connectivity index (χ3v) is 1.93. The molecule has 1 saturated heterocycles. The maximum Gasteiger partial charge on any atom is 0.247 e. The molecule has 72 valence electrons. The van der Waals surface area contributed by atoms with Crippen molar-refractivity contribution in [3.63, 3.8) is 0 Å². The van der Waals surface area contributed by atoms with E-state index in [4.69, 9.17) is 10.1 Å². The van der Waals surface area contributed by atoms with Crippen LogP contribution in [-0.2, 0) is 9.63 Å². The lowest BCUT2D eigenvalue weighted by molar-refractivity contribution is -0.170. The van der Waals surface area contributed by atoms with Crippen LogP contribution in [0.4, 0.5) is 0 Å². The van der Waals surface area contributed by atoms with Gasteiger partial charge in [0.25, 0.3) is 0 Å². The highest BCUT2D eigenvalue weighted by Gasteiger charge is 2.27. The van der Waals surface area contributed by atoms with Crippen molar-refractivity contribution >= 4 is 5.91 Å². The van der Waals surface area contributed by atoms with Crippen molar-refractivity contribution in [1.29, 1.82) is 5.26 Å². The van der Waals surface area contributed by atoms with Crippen LogP contribution in [0.15, 0.2) is 0 Å². The molecule has 1 fully saturated rings. The fraction of sp³-hybridized carbons (Fsp3) is 0.778. The van der Waals surface area contributed by atoms with E-state index in [1.54, 1.807) is 13.8 Å². The molecule has 0 saturated carbocycles. The van der Waals surface area contributed by atoms with Crippen molar-refractivity contribution in [2.75, 3.05) is 13.2 Å². The molecule has 0 N–H and O–H groups in total. The number of hydrogen-bond acceptors (Lipinski definition) is 3. The quantitative estimate of drug-likeness (QED) is 0.642. The van der Waals surface area contributed by atoms with Crippen molar-refractivity contribution in [1.82, 2.24) is 5.06 Å². The highest BCUT2D eigenvalue weighted by Crippen LogP contribution is 2.21. The molecule has 0 atom stereocenters. The molecular formula is C9H14N2O2. The van der Waals surface area contributed by atoms with E-state index >= 15 is 0 Å². The maximum absolute atomic E-state index is 11.5. The first-order valence-electron chi connectivity index (χ1n) is 4.40. The Kier molecular flexibility index (Phi) is 2.89. The van der Waals surface area contributed by atoms with Gasteiger partial charge >= 0.3 is 0 Å². The van der Waals surface area contributed by atoms with Gasteiger partial charge in [-0.1, -0.05) is 0 Å². The van der Waals surface area contributed by atoms with Gasteiger partial charge in [-0.2, -0.15) is 5.26 Å². The summed E-state index contributed by atoms with van der Waals surface area (Å²) < 4.78 is 0. The minimum atomic E-state index is -0.594. The van der Waals surface area contributed by atoms with E-state index in [0.29, 0.717) is 13.2 Å². The molecule has 1 aliphatic heterocycles. The molecule has 13 heavy (non-hydrogen) atoms. The smallest absolute Gasteiger partial charge is 0.247 e. The predicted octanol–water partition coefficient (Wildman–Crippen LogP) is 1.09. The molecule has 0 aromatic rings. The van der Waals surface area contributed by atoms with Crippen molar-refractivity contribution in [2.45, 2.75) is 26.7 Å². The summed E-state index contributed by atoms with van der Waals surface area (Å²) in [6, 6.07) is 2.09. The van der Waals surface area contributed by atoms with Crippen molar-refractivity contribution in [3.8, 4) is 6.07 Å². The zero-order valence-electron chi connectivity index (χ0n) is 8.04. The summed E-state index contributed by atoms with van der Waals surface area (Å²) in [6.07, 6.45) is 1.11. The summed E-state index contributed by atoms with van der Waals surface area (Å²) in [5.41, 5.74) is -0.594. The van der Waals surface area contributed by atoms with Crippen LogP contribution in [-0.4, -0.2) is 24.1 Å². The van der Waals surface area contributed by atoms with Crippen LogP contribution in [0.5, 0.6) is 0 Å². The normalized spacial score (nSPS) is 17.2. The van der Waals surface area contributed by atoms with E-state index in [1.807, 2.05) is 0 Å². The summed E-state index contributed by atoms with van der Waals surface area (Å²) in [5, 5.41) is 10.1. The Morgan fingerprint density at radius 3 is 2.85 bits per heavy atom. The number of amides is 1. The van der Waals surface area contributed by atoms with Gasteiger partial charge in [-0.25, -0.2) is 5.06 Å². The average Bonchev–Trinajstić information content (AvgIpc) is 2.55. The molecule has 1 amide bonds. The second-order valence-corrected chi connectivity index (χ2v) is 3.86. The second kappa shape index (κ2) is 3.75. The molecule has 1 rings (SSSR count). The van der Waals surface area contributed by atoms with Crippen LogP contribution in [0, 0.1) is 16.7 Å². The lowest BCUT2D eigenvalue weighted by atomic mass is 9.91. The molecule has 4 heteroatoms. The summed E-state index contributed by atoms with van der Waals surface area (Å²) in [7, 11) is 0. The summed E-state index contributed by atoms with van der Waals surface area (Å²) in [5.74, 6) is -0.0935. The van der Waals surface area contributed by atoms with Gasteiger partial charge in [0.2, 0.25) is 5.91 Å². The first-order chi connectivity index (χ1) is 6.05. The Hall–Kier alpha value is -1.08. The minimum Gasteiger partial charge on any atom is -0.273 e. The molecule has 0 unspecified atom stereocenters. The number of hydrogen-bond donors (Lipinski definition) is 0. The van der Waals surface area contributed by atoms with Gasteiger partial charge < -0.3 is 0 Å². The van der Waals surface area contributed by atoms with Gasteiger partial charge in [0.05, 0.1) is 24.6 Å². The van der Waals surface area contributed by atoms with Crippen molar-refractivity contribution in [2.24, 2.45) is 5.41 Å². The van der Waals surface area contributed by atoms with E-state index in [1.165, 1.54) is 5.06 Å². The van der Waals surface area contributed by atoms with Crippen LogP contribution < -0.4 is 0 Å². The molecular weight excluding hydrogens is 168 g/mol. The second-order valence-electron chi connectivity index (χ2n) is 3.86. The van der Waals surface area contributed by atoms with Gasteiger partial charge in [0.15, 0.2) is 0 Å². The highest BCUT2D eigenvalue weighted by molar-refractivity contribution is 5.76. The minimum absolute atomic E-state index is 0.0935. The van der Waals surface area contributed by atoms with Gasteiger partial charge in [0.1, 0.15) is 0 Å². The molecule has 1 heterocycles. The molecule has 0 spiro atoms.